The van der Waals surface area contributed by atoms with E-state index in [4.69, 9.17) is 11.6 Å². The Kier molecular flexibility index (Phi) is 4.11. The molecule has 72 valence electrons. The fourth-order valence-corrected chi connectivity index (χ4v) is 4.26. The molecule has 0 unspecified atom stereocenters. The Morgan fingerprint density at radius 2 is 1.62 bits per heavy atom. The summed E-state index contributed by atoms with van der Waals surface area (Å²) >= 11 is 4.26. The Balaban J connectivity index is 2.51. The number of hydrogen-bond acceptors (Lipinski definition) is 0. The first-order chi connectivity index (χ1) is 5.97. The van der Waals surface area contributed by atoms with Crippen molar-refractivity contribution in [2.75, 3.05) is 0 Å². The molecule has 0 radical (unpaired) electrons. The second kappa shape index (κ2) is 4.70. The van der Waals surface area contributed by atoms with Crippen molar-refractivity contribution in [3.63, 3.8) is 0 Å². The summed E-state index contributed by atoms with van der Waals surface area (Å²) in [6.07, 6.45) is 1.23. The fraction of sp³-hybridized carbons (Fsp3) is 0.455. The molecule has 0 aliphatic heterocycles. The van der Waals surface area contributed by atoms with Crippen LogP contribution in [-0.4, -0.2) is 18.4 Å². The Bertz CT molecular complexity index is 258. The average Bonchev–Trinajstić information content (AvgIpc) is 2.02. The number of aryl methyl sites for hydroxylation is 1. The van der Waals surface area contributed by atoms with Gasteiger partial charge in [0, 0.05) is 0 Å². The quantitative estimate of drug-likeness (QED) is 0.733. The van der Waals surface area contributed by atoms with Crippen molar-refractivity contribution in [3.05, 3.63) is 34.9 Å². The molecule has 0 N–H and O–H groups in total. The van der Waals surface area contributed by atoms with Crippen molar-refractivity contribution in [1.29, 1.82) is 0 Å². The van der Waals surface area contributed by atoms with Gasteiger partial charge in [-0.3, -0.25) is 0 Å². The summed E-state index contributed by atoms with van der Waals surface area (Å²) in [4.78, 5) is 7.43. The molecule has 1 aromatic rings. The molecule has 0 spiro atoms. The number of hydrogen-bond donors (Lipinski definition) is 0. The van der Waals surface area contributed by atoms with Gasteiger partial charge in [-0.1, -0.05) is 0 Å². The molecule has 0 nitrogen and oxygen atoms in total. The molecule has 0 saturated carbocycles. The van der Waals surface area contributed by atoms with E-state index < -0.39 is 18.4 Å². The number of rotatable bonds is 3. The van der Waals surface area contributed by atoms with Crippen molar-refractivity contribution in [1.82, 2.24) is 0 Å². The van der Waals surface area contributed by atoms with Gasteiger partial charge in [-0.05, 0) is 0 Å². The Labute approximate surface area is 90.2 Å². The Hall–Kier alpha value is 0.309. The number of halogens is 1. The van der Waals surface area contributed by atoms with Crippen LogP contribution >= 0.6 is 11.6 Å². The first kappa shape index (κ1) is 11.4. The summed E-state index contributed by atoms with van der Waals surface area (Å²) < 4.78 is 1.43. The first-order valence-corrected chi connectivity index (χ1v) is 15.7. The Morgan fingerprint density at radius 1 is 1.08 bits per heavy atom. The molecule has 0 aromatic heterocycles. The monoisotopic (exact) mass is 304 g/mol. The van der Waals surface area contributed by atoms with E-state index in [1.165, 1.54) is 16.4 Å². The van der Waals surface area contributed by atoms with Gasteiger partial charge in [-0.2, -0.15) is 0 Å². The van der Waals surface area contributed by atoms with Crippen LogP contribution in [0, 0.1) is 0 Å². The molecule has 0 atom stereocenters. The van der Waals surface area contributed by atoms with Crippen LogP contribution in [0.4, 0.5) is 0 Å². The van der Waals surface area contributed by atoms with Crippen molar-refractivity contribution >= 4 is 30.0 Å². The zero-order valence-corrected chi connectivity index (χ0v) is 12.2. The predicted molar refractivity (Wildman–Crippen MR) is 63.3 cm³/mol. The summed E-state index contributed by atoms with van der Waals surface area (Å²) in [5.41, 5.74) is 1.43. The standard InChI is InChI=1S/C8H8Cl.3CH3.Sn/c1-2-7-3-5-8(9)6-4-7;;;;/h3-6H,1-2H2;3*1H3;. The van der Waals surface area contributed by atoms with E-state index in [9.17, 15) is 0 Å². The predicted octanol–water partition coefficient (Wildman–Crippen LogP) is 4.22. The average molecular weight is 303 g/mol. The van der Waals surface area contributed by atoms with Crippen LogP contribution in [0.5, 0.6) is 0 Å². The molecule has 1 aromatic carbocycles. The van der Waals surface area contributed by atoms with Crippen LogP contribution in [0.3, 0.4) is 0 Å². The van der Waals surface area contributed by atoms with Gasteiger partial charge in [-0.25, -0.2) is 0 Å². The summed E-state index contributed by atoms with van der Waals surface area (Å²) in [5, 5.41) is 0.836. The minimum atomic E-state index is -1.55. The van der Waals surface area contributed by atoms with Crippen molar-refractivity contribution in [2.24, 2.45) is 0 Å². The molecule has 0 heterocycles. The summed E-state index contributed by atoms with van der Waals surface area (Å²) in [6, 6.07) is 8.24. The minimum absolute atomic E-state index is 0.836. The van der Waals surface area contributed by atoms with Gasteiger partial charge in [0.15, 0.2) is 0 Å². The molecule has 0 aliphatic rings. The van der Waals surface area contributed by atoms with Crippen molar-refractivity contribution < 1.29 is 0 Å². The van der Waals surface area contributed by atoms with E-state index >= 15 is 0 Å². The van der Waals surface area contributed by atoms with Crippen LogP contribution in [0.1, 0.15) is 5.56 Å². The van der Waals surface area contributed by atoms with Crippen LogP contribution in [0.2, 0.25) is 24.3 Å². The second-order valence-corrected chi connectivity index (χ2v) is 21.2. The van der Waals surface area contributed by atoms with E-state index in [0.717, 1.165) is 5.02 Å². The van der Waals surface area contributed by atoms with Gasteiger partial charge in [0.05, 0.1) is 0 Å². The van der Waals surface area contributed by atoms with E-state index in [2.05, 4.69) is 27.0 Å². The molecule has 0 amide bonds. The van der Waals surface area contributed by atoms with Gasteiger partial charge in [0.2, 0.25) is 0 Å². The van der Waals surface area contributed by atoms with Crippen molar-refractivity contribution in [2.45, 2.75) is 25.7 Å². The zero-order valence-electron chi connectivity index (χ0n) is 8.60. The van der Waals surface area contributed by atoms with E-state index in [-0.39, 0.29) is 0 Å². The maximum atomic E-state index is 5.81. The van der Waals surface area contributed by atoms with Crippen LogP contribution < -0.4 is 0 Å². The van der Waals surface area contributed by atoms with Gasteiger partial charge in [-0.15, -0.1) is 0 Å². The SMILES string of the molecule is [CH3][Sn]([CH3])([CH3])[CH2]Cc1ccc(Cl)cc1. The molecule has 0 aliphatic carbocycles. The zero-order chi connectivity index (χ0) is 9.90. The van der Waals surface area contributed by atoms with Crippen LogP contribution in [0.25, 0.3) is 0 Å². The van der Waals surface area contributed by atoms with E-state index in [0.29, 0.717) is 0 Å². The summed E-state index contributed by atoms with van der Waals surface area (Å²) in [7, 11) is 0. The third kappa shape index (κ3) is 4.92. The summed E-state index contributed by atoms with van der Waals surface area (Å²) in [6.45, 7) is 0. The molecule has 1 rings (SSSR count). The first-order valence-electron chi connectivity index (χ1n) is 4.72. The van der Waals surface area contributed by atoms with Crippen molar-refractivity contribution in [3.8, 4) is 0 Å². The normalized spacial score (nSPS) is 11.7. The van der Waals surface area contributed by atoms with Crippen LogP contribution in [-0.2, 0) is 6.42 Å². The van der Waals surface area contributed by atoms with E-state index in [1.807, 2.05) is 12.1 Å². The third-order valence-corrected chi connectivity index (χ3v) is 7.32. The van der Waals surface area contributed by atoms with Gasteiger partial charge in [0.1, 0.15) is 0 Å². The van der Waals surface area contributed by atoms with Crippen LogP contribution in [0.15, 0.2) is 24.3 Å². The maximum absolute atomic E-state index is 5.81. The van der Waals surface area contributed by atoms with E-state index in [1.54, 1.807) is 0 Å². The fourth-order valence-electron chi connectivity index (χ4n) is 1.17. The molecule has 0 saturated heterocycles. The molecular formula is C11H17ClSn. The molecule has 0 fully saturated rings. The molecule has 2 heteroatoms. The molecule has 13 heavy (non-hydrogen) atoms. The molecule has 0 bridgehead atoms. The van der Waals surface area contributed by atoms with Gasteiger partial charge >= 0.3 is 90.5 Å². The topological polar surface area (TPSA) is 0 Å². The van der Waals surface area contributed by atoms with Gasteiger partial charge < -0.3 is 0 Å². The third-order valence-electron chi connectivity index (χ3n) is 2.08. The second-order valence-electron chi connectivity index (χ2n) is 4.69. The number of benzene rings is 1. The molecular weight excluding hydrogens is 286 g/mol. The van der Waals surface area contributed by atoms with Gasteiger partial charge in [0.25, 0.3) is 0 Å². The Morgan fingerprint density at radius 3 is 2.08 bits per heavy atom. The summed E-state index contributed by atoms with van der Waals surface area (Å²) in [5.74, 6) is 0.